The van der Waals surface area contributed by atoms with Gasteiger partial charge in [-0.15, -0.1) is 0 Å². The van der Waals surface area contributed by atoms with E-state index in [1.165, 1.54) is 28.0 Å². The minimum atomic E-state index is -0.638. The lowest BCUT2D eigenvalue weighted by atomic mass is 10.1. The van der Waals surface area contributed by atoms with Gasteiger partial charge in [0, 0.05) is 29.4 Å². The molecular weight excluding hydrogens is 366 g/mol. The molecule has 1 saturated heterocycles. The van der Waals surface area contributed by atoms with Crippen LogP contribution in [0.15, 0.2) is 42.5 Å². The zero-order valence-corrected chi connectivity index (χ0v) is 14.9. The summed E-state index contributed by atoms with van der Waals surface area (Å²) >= 11 is 11.6. The molecule has 130 valence electrons. The maximum absolute atomic E-state index is 13.3. The Bertz CT molecular complexity index is 826. The highest BCUT2D eigenvalue weighted by Crippen LogP contribution is 2.26. The van der Waals surface area contributed by atoms with Gasteiger partial charge >= 0.3 is 0 Å². The molecule has 2 aromatic carbocycles. The number of anilines is 1. The highest BCUT2D eigenvalue weighted by molar-refractivity contribution is 6.31. The van der Waals surface area contributed by atoms with E-state index in [1.807, 2.05) is 0 Å². The molecule has 0 spiro atoms. The second-order valence-electron chi connectivity index (χ2n) is 5.77. The minimum absolute atomic E-state index is 0.0439. The van der Waals surface area contributed by atoms with Gasteiger partial charge in [0.25, 0.3) is 5.91 Å². The van der Waals surface area contributed by atoms with E-state index >= 15 is 0 Å². The van der Waals surface area contributed by atoms with Gasteiger partial charge in [-0.2, -0.15) is 0 Å². The fourth-order valence-electron chi connectivity index (χ4n) is 2.82. The molecule has 7 heteroatoms. The van der Waals surface area contributed by atoms with Crippen molar-refractivity contribution in [3.8, 4) is 0 Å². The van der Waals surface area contributed by atoms with E-state index in [1.54, 1.807) is 31.2 Å². The highest BCUT2D eigenvalue weighted by Gasteiger charge is 2.35. The number of hydrogen-bond donors (Lipinski definition) is 0. The molecule has 25 heavy (non-hydrogen) atoms. The molecule has 0 radical (unpaired) electrons. The Balaban J connectivity index is 1.80. The van der Waals surface area contributed by atoms with Gasteiger partial charge in [-0.25, -0.2) is 4.39 Å². The average molecular weight is 381 g/mol. The van der Waals surface area contributed by atoms with E-state index in [0.29, 0.717) is 29.4 Å². The van der Waals surface area contributed by atoms with E-state index in [9.17, 15) is 14.0 Å². The average Bonchev–Trinajstić information content (AvgIpc) is 2.60. The number of benzene rings is 2. The zero-order chi connectivity index (χ0) is 18.1. The molecule has 2 amide bonds. The van der Waals surface area contributed by atoms with Gasteiger partial charge in [-0.1, -0.05) is 23.2 Å². The molecule has 1 heterocycles. The Kier molecular flexibility index (Phi) is 4.97. The van der Waals surface area contributed by atoms with Gasteiger partial charge in [0.05, 0.1) is 5.02 Å². The predicted molar refractivity (Wildman–Crippen MR) is 95.7 cm³/mol. The van der Waals surface area contributed by atoms with E-state index in [-0.39, 0.29) is 16.8 Å². The molecule has 1 aliphatic rings. The van der Waals surface area contributed by atoms with Crippen LogP contribution in [-0.2, 0) is 4.79 Å². The Labute approximate surface area is 154 Å². The summed E-state index contributed by atoms with van der Waals surface area (Å²) in [5.74, 6) is -1.01. The lowest BCUT2D eigenvalue weighted by Gasteiger charge is -2.39. The Morgan fingerprint density at radius 1 is 1.12 bits per heavy atom. The number of piperazine rings is 1. The Morgan fingerprint density at radius 3 is 2.44 bits per heavy atom. The lowest BCUT2D eigenvalue weighted by Crippen LogP contribution is -2.57. The number of amides is 2. The molecule has 0 saturated carbocycles. The highest BCUT2D eigenvalue weighted by atomic mass is 35.5. The molecule has 3 rings (SSSR count). The van der Waals surface area contributed by atoms with E-state index < -0.39 is 11.9 Å². The first-order valence-electron chi connectivity index (χ1n) is 7.71. The van der Waals surface area contributed by atoms with Crippen LogP contribution in [0, 0.1) is 5.82 Å². The molecular formula is C18H15Cl2FN2O2. The zero-order valence-electron chi connectivity index (χ0n) is 13.4. The van der Waals surface area contributed by atoms with Crippen LogP contribution in [0.25, 0.3) is 0 Å². The summed E-state index contributed by atoms with van der Waals surface area (Å²) in [7, 11) is 0. The first-order chi connectivity index (χ1) is 11.9. The van der Waals surface area contributed by atoms with Crippen molar-refractivity contribution in [3.05, 3.63) is 63.9 Å². The van der Waals surface area contributed by atoms with Crippen LogP contribution in [0.5, 0.6) is 0 Å². The monoisotopic (exact) mass is 380 g/mol. The molecule has 0 aliphatic carbocycles. The van der Waals surface area contributed by atoms with Crippen LogP contribution >= 0.6 is 23.2 Å². The number of hydrogen-bond acceptors (Lipinski definition) is 2. The summed E-state index contributed by atoms with van der Waals surface area (Å²) in [5, 5.41) is 0.497. The van der Waals surface area contributed by atoms with Gasteiger partial charge in [0.2, 0.25) is 5.91 Å². The van der Waals surface area contributed by atoms with Crippen LogP contribution in [-0.4, -0.2) is 35.8 Å². The van der Waals surface area contributed by atoms with Crippen molar-refractivity contribution in [3.63, 3.8) is 0 Å². The summed E-state index contributed by atoms with van der Waals surface area (Å²) in [6, 6.07) is 10.0. The fourth-order valence-corrected chi connectivity index (χ4v) is 3.12. The van der Waals surface area contributed by atoms with Crippen molar-refractivity contribution in [1.82, 2.24) is 4.90 Å². The summed E-state index contributed by atoms with van der Waals surface area (Å²) in [5.41, 5.74) is 0.990. The molecule has 0 N–H and O–H groups in total. The van der Waals surface area contributed by atoms with Crippen LogP contribution in [0.1, 0.15) is 17.3 Å². The molecule has 0 aromatic heterocycles. The van der Waals surface area contributed by atoms with Crippen LogP contribution in [0.4, 0.5) is 10.1 Å². The number of halogens is 3. The minimum Gasteiger partial charge on any atom is -0.325 e. The van der Waals surface area contributed by atoms with Gasteiger partial charge in [0.15, 0.2) is 0 Å². The lowest BCUT2D eigenvalue weighted by molar-refractivity contribution is -0.124. The smallest absolute Gasteiger partial charge is 0.254 e. The molecule has 1 atom stereocenters. The standard InChI is InChI=1S/C18H15Cl2FN2O2/c1-11-17(24)23(14-6-7-16(21)15(20)10-14)9-8-22(11)18(25)12-2-4-13(19)5-3-12/h2-7,10-11H,8-9H2,1H3/t11-/m0/s1. The molecule has 2 aromatic rings. The number of rotatable bonds is 2. The largest absolute Gasteiger partial charge is 0.325 e. The molecule has 1 fully saturated rings. The normalized spacial score (nSPS) is 17.8. The molecule has 0 bridgehead atoms. The third-order valence-corrected chi connectivity index (χ3v) is 4.76. The van der Waals surface area contributed by atoms with Gasteiger partial charge < -0.3 is 9.80 Å². The predicted octanol–water partition coefficient (Wildman–Crippen LogP) is 4.01. The van der Waals surface area contributed by atoms with Crippen LogP contribution in [0.3, 0.4) is 0 Å². The number of carbonyl (C=O) groups excluding carboxylic acids is 2. The molecule has 1 aliphatic heterocycles. The third-order valence-electron chi connectivity index (χ3n) is 4.22. The number of carbonyl (C=O) groups is 2. The van der Waals surface area contributed by atoms with Crippen molar-refractivity contribution in [1.29, 1.82) is 0 Å². The summed E-state index contributed by atoms with van der Waals surface area (Å²) < 4.78 is 13.3. The first kappa shape index (κ1) is 17.7. The van der Waals surface area contributed by atoms with E-state index in [2.05, 4.69) is 0 Å². The van der Waals surface area contributed by atoms with Crippen molar-refractivity contribution in [2.75, 3.05) is 18.0 Å². The van der Waals surface area contributed by atoms with Crippen LogP contribution < -0.4 is 4.90 Å². The second-order valence-corrected chi connectivity index (χ2v) is 6.61. The summed E-state index contributed by atoms with van der Waals surface area (Å²) in [6.45, 7) is 2.35. The first-order valence-corrected chi connectivity index (χ1v) is 8.47. The summed E-state index contributed by atoms with van der Waals surface area (Å²) in [6.07, 6.45) is 0. The SMILES string of the molecule is C[C@H]1C(=O)N(c2ccc(F)c(Cl)c2)CCN1C(=O)c1ccc(Cl)cc1. The maximum Gasteiger partial charge on any atom is 0.254 e. The van der Waals surface area contributed by atoms with Crippen molar-refractivity contribution in [2.24, 2.45) is 0 Å². The summed E-state index contributed by atoms with van der Waals surface area (Å²) in [4.78, 5) is 28.4. The van der Waals surface area contributed by atoms with E-state index in [4.69, 9.17) is 23.2 Å². The fraction of sp³-hybridized carbons (Fsp3) is 0.222. The van der Waals surface area contributed by atoms with Gasteiger partial charge in [-0.3, -0.25) is 9.59 Å². The van der Waals surface area contributed by atoms with Crippen molar-refractivity contribution in [2.45, 2.75) is 13.0 Å². The van der Waals surface area contributed by atoms with E-state index in [0.717, 1.165) is 0 Å². The maximum atomic E-state index is 13.3. The quantitative estimate of drug-likeness (QED) is 0.789. The topological polar surface area (TPSA) is 40.6 Å². The molecule has 4 nitrogen and oxygen atoms in total. The van der Waals surface area contributed by atoms with Gasteiger partial charge in [0.1, 0.15) is 11.9 Å². The second kappa shape index (κ2) is 7.02. The number of nitrogens with zero attached hydrogens (tertiary/aromatic N) is 2. The van der Waals surface area contributed by atoms with Crippen molar-refractivity contribution < 1.29 is 14.0 Å². The Hall–Kier alpha value is -2.11. The molecule has 0 unspecified atom stereocenters. The van der Waals surface area contributed by atoms with Gasteiger partial charge in [-0.05, 0) is 49.4 Å². The van der Waals surface area contributed by atoms with Crippen LogP contribution in [0.2, 0.25) is 10.0 Å². The Morgan fingerprint density at radius 2 is 1.80 bits per heavy atom. The van der Waals surface area contributed by atoms with Crippen molar-refractivity contribution >= 4 is 40.7 Å². The third kappa shape index (κ3) is 3.48.